The summed E-state index contributed by atoms with van der Waals surface area (Å²) in [7, 11) is 0. The molecule has 20 heavy (non-hydrogen) atoms. The van der Waals surface area contributed by atoms with Crippen molar-refractivity contribution in [1.82, 2.24) is 5.32 Å². The van der Waals surface area contributed by atoms with Gasteiger partial charge in [0.05, 0.1) is 0 Å². The molecule has 0 saturated heterocycles. The van der Waals surface area contributed by atoms with Crippen molar-refractivity contribution in [3.05, 3.63) is 34.1 Å². The molecule has 0 amide bonds. The van der Waals surface area contributed by atoms with Crippen molar-refractivity contribution in [3.63, 3.8) is 0 Å². The standard InChI is InChI=1S/C16H25BrFNO/c1-3-8-19-15(7-10-20-9-4-2)11-13-5-6-14(17)12-16(13)18/h5-6,12,15,19H,3-4,7-11H2,1-2H3. The monoisotopic (exact) mass is 345 g/mol. The maximum atomic E-state index is 13.9. The molecule has 4 heteroatoms. The predicted octanol–water partition coefficient (Wildman–Crippen LogP) is 4.32. The molecule has 1 aromatic carbocycles. The van der Waals surface area contributed by atoms with Gasteiger partial charge in [0.15, 0.2) is 0 Å². The molecule has 2 nitrogen and oxygen atoms in total. The Morgan fingerprint density at radius 3 is 2.70 bits per heavy atom. The summed E-state index contributed by atoms with van der Waals surface area (Å²) >= 11 is 3.29. The van der Waals surface area contributed by atoms with E-state index in [0.717, 1.165) is 49.1 Å². The molecule has 0 aliphatic rings. The lowest BCUT2D eigenvalue weighted by molar-refractivity contribution is 0.124. The lowest BCUT2D eigenvalue weighted by Crippen LogP contribution is -2.33. The lowest BCUT2D eigenvalue weighted by atomic mass is 10.0. The van der Waals surface area contributed by atoms with Gasteiger partial charge < -0.3 is 10.1 Å². The number of halogens is 2. The fourth-order valence-corrected chi connectivity index (χ4v) is 2.38. The van der Waals surface area contributed by atoms with Gasteiger partial charge in [-0.2, -0.15) is 0 Å². The van der Waals surface area contributed by atoms with Gasteiger partial charge in [0, 0.05) is 23.7 Å². The number of hydrogen-bond donors (Lipinski definition) is 1. The predicted molar refractivity (Wildman–Crippen MR) is 85.6 cm³/mol. The highest BCUT2D eigenvalue weighted by Crippen LogP contribution is 2.17. The summed E-state index contributed by atoms with van der Waals surface area (Å²) in [5.74, 6) is -0.142. The molecule has 0 saturated carbocycles. The minimum atomic E-state index is -0.142. The molecule has 1 N–H and O–H groups in total. The van der Waals surface area contributed by atoms with Gasteiger partial charge in [0.1, 0.15) is 5.82 Å². The van der Waals surface area contributed by atoms with E-state index in [0.29, 0.717) is 6.42 Å². The molecule has 1 unspecified atom stereocenters. The quantitative estimate of drug-likeness (QED) is 0.637. The topological polar surface area (TPSA) is 21.3 Å². The van der Waals surface area contributed by atoms with Crippen LogP contribution in [0, 0.1) is 5.82 Å². The third kappa shape index (κ3) is 6.82. The molecule has 0 radical (unpaired) electrons. The van der Waals surface area contributed by atoms with Crippen LogP contribution < -0.4 is 5.32 Å². The second-order valence-corrected chi connectivity index (χ2v) is 5.91. The van der Waals surface area contributed by atoms with Crippen molar-refractivity contribution in [3.8, 4) is 0 Å². The van der Waals surface area contributed by atoms with Gasteiger partial charge in [0.2, 0.25) is 0 Å². The average molecular weight is 346 g/mol. The van der Waals surface area contributed by atoms with E-state index in [9.17, 15) is 4.39 Å². The summed E-state index contributed by atoms with van der Waals surface area (Å²) in [6, 6.07) is 5.54. The van der Waals surface area contributed by atoms with E-state index in [1.165, 1.54) is 6.07 Å². The van der Waals surface area contributed by atoms with Crippen LogP contribution in [0.3, 0.4) is 0 Å². The first-order valence-corrected chi connectivity index (χ1v) is 8.21. The van der Waals surface area contributed by atoms with Crippen LogP contribution in [0.25, 0.3) is 0 Å². The fraction of sp³-hybridized carbons (Fsp3) is 0.625. The van der Waals surface area contributed by atoms with Gasteiger partial charge in [-0.3, -0.25) is 0 Å². The molecular formula is C16H25BrFNO. The van der Waals surface area contributed by atoms with Gasteiger partial charge in [-0.05, 0) is 49.9 Å². The smallest absolute Gasteiger partial charge is 0.127 e. The van der Waals surface area contributed by atoms with Crippen molar-refractivity contribution in [2.24, 2.45) is 0 Å². The zero-order valence-electron chi connectivity index (χ0n) is 12.4. The van der Waals surface area contributed by atoms with Crippen LogP contribution in [-0.4, -0.2) is 25.8 Å². The molecule has 1 atom stereocenters. The summed E-state index contributed by atoms with van der Waals surface area (Å²) in [6.45, 7) is 6.72. The van der Waals surface area contributed by atoms with Crippen LogP contribution >= 0.6 is 15.9 Å². The van der Waals surface area contributed by atoms with Crippen LogP contribution in [-0.2, 0) is 11.2 Å². The Hall–Kier alpha value is -0.450. The maximum Gasteiger partial charge on any atom is 0.127 e. The third-order valence-corrected chi connectivity index (χ3v) is 3.62. The maximum absolute atomic E-state index is 13.9. The molecule has 0 aliphatic carbocycles. The minimum Gasteiger partial charge on any atom is -0.381 e. The van der Waals surface area contributed by atoms with E-state index >= 15 is 0 Å². The first kappa shape index (κ1) is 17.6. The number of ether oxygens (including phenoxy) is 1. The zero-order valence-corrected chi connectivity index (χ0v) is 14.0. The molecule has 0 fully saturated rings. The van der Waals surface area contributed by atoms with Crippen molar-refractivity contribution in [2.75, 3.05) is 19.8 Å². The van der Waals surface area contributed by atoms with Gasteiger partial charge >= 0.3 is 0 Å². The van der Waals surface area contributed by atoms with Crippen molar-refractivity contribution in [1.29, 1.82) is 0 Å². The molecule has 0 spiro atoms. The Morgan fingerprint density at radius 2 is 2.05 bits per heavy atom. The third-order valence-electron chi connectivity index (χ3n) is 3.12. The van der Waals surface area contributed by atoms with Gasteiger partial charge in [-0.1, -0.05) is 35.8 Å². The Kier molecular flexibility index (Phi) is 9.07. The van der Waals surface area contributed by atoms with Crippen molar-refractivity contribution >= 4 is 15.9 Å². The highest BCUT2D eigenvalue weighted by molar-refractivity contribution is 9.10. The van der Waals surface area contributed by atoms with E-state index < -0.39 is 0 Å². The molecule has 1 rings (SSSR count). The van der Waals surface area contributed by atoms with Gasteiger partial charge in [-0.25, -0.2) is 4.39 Å². The van der Waals surface area contributed by atoms with Crippen LogP contribution in [0.4, 0.5) is 4.39 Å². The Bertz CT molecular complexity index is 387. The minimum absolute atomic E-state index is 0.142. The molecular weight excluding hydrogens is 321 g/mol. The van der Waals surface area contributed by atoms with Gasteiger partial charge in [0.25, 0.3) is 0 Å². The summed E-state index contributed by atoms with van der Waals surface area (Å²) in [6.07, 6.45) is 3.73. The van der Waals surface area contributed by atoms with Crippen molar-refractivity contribution in [2.45, 2.75) is 45.6 Å². The summed E-state index contributed by atoms with van der Waals surface area (Å²) < 4.78 is 20.2. The van der Waals surface area contributed by atoms with E-state index in [1.54, 1.807) is 0 Å². The largest absolute Gasteiger partial charge is 0.381 e. The fourth-order valence-electron chi connectivity index (χ4n) is 2.05. The van der Waals surface area contributed by atoms with Crippen LogP contribution in [0.15, 0.2) is 22.7 Å². The molecule has 0 bridgehead atoms. The summed E-state index contributed by atoms with van der Waals surface area (Å²) in [4.78, 5) is 0. The van der Waals surface area contributed by atoms with E-state index in [4.69, 9.17) is 4.74 Å². The Balaban J connectivity index is 2.53. The molecule has 0 aromatic heterocycles. The van der Waals surface area contributed by atoms with E-state index in [2.05, 4.69) is 35.1 Å². The number of rotatable bonds is 10. The number of hydrogen-bond acceptors (Lipinski definition) is 2. The second kappa shape index (κ2) is 10.3. The number of benzene rings is 1. The molecule has 0 heterocycles. The average Bonchev–Trinajstić information content (AvgIpc) is 2.43. The normalized spacial score (nSPS) is 12.6. The van der Waals surface area contributed by atoms with Crippen molar-refractivity contribution < 1.29 is 9.13 Å². The van der Waals surface area contributed by atoms with E-state index in [1.807, 2.05) is 12.1 Å². The van der Waals surface area contributed by atoms with Crippen LogP contribution in [0.2, 0.25) is 0 Å². The van der Waals surface area contributed by atoms with Crippen LogP contribution in [0.1, 0.15) is 38.7 Å². The highest BCUT2D eigenvalue weighted by atomic mass is 79.9. The lowest BCUT2D eigenvalue weighted by Gasteiger charge is -2.19. The Morgan fingerprint density at radius 1 is 1.25 bits per heavy atom. The van der Waals surface area contributed by atoms with Crippen LogP contribution in [0.5, 0.6) is 0 Å². The molecule has 0 aliphatic heterocycles. The first-order chi connectivity index (χ1) is 9.67. The summed E-state index contributed by atoms with van der Waals surface area (Å²) in [5, 5.41) is 3.48. The molecule has 114 valence electrons. The van der Waals surface area contributed by atoms with Gasteiger partial charge in [-0.15, -0.1) is 0 Å². The zero-order chi connectivity index (χ0) is 14.8. The first-order valence-electron chi connectivity index (χ1n) is 7.42. The van der Waals surface area contributed by atoms with E-state index in [-0.39, 0.29) is 11.9 Å². The molecule has 1 aromatic rings. The highest BCUT2D eigenvalue weighted by Gasteiger charge is 2.12. The number of nitrogens with one attached hydrogen (secondary N) is 1. The second-order valence-electron chi connectivity index (χ2n) is 4.99. The SMILES string of the molecule is CCCNC(CCOCCC)Cc1ccc(Br)cc1F. The Labute approximate surface area is 130 Å². The summed E-state index contributed by atoms with van der Waals surface area (Å²) in [5.41, 5.74) is 0.761.